The van der Waals surface area contributed by atoms with Gasteiger partial charge >= 0.3 is 0 Å². The summed E-state index contributed by atoms with van der Waals surface area (Å²) in [6.07, 6.45) is 1.54. The van der Waals surface area contributed by atoms with Crippen molar-refractivity contribution in [3.63, 3.8) is 0 Å². The van der Waals surface area contributed by atoms with Gasteiger partial charge in [0.15, 0.2) is 0 Å². The average molecular weight is 369 g/mol. The highest BCUT2D eigenvalue weighted by molar-refractivity contribution is 7.93. The quantitative estimate of drug-likeness (QED) is 0.695. The molecule has 0 atom stereocenters. The monoisotopic (exact) mass is 369 g/mol. The number of primary amides is 1. The smallest absolute Gasteiger partial charge is 0.256 e. The van der Waals surface area contributed by atoms with E-state index in [1.54, 1.807) is 4.90 Å². The second-order valence-electron chi connectivity index (χ2n) is 6.08. The van der Waals surface area contributed by atoms with Gasteiger partial charge in [-0.3, -0.25) is 14.3 Å². The lowest BCUT2D eigenvalue weighted by Crippen LogP contribution is -2.34. The van der Waals surface area contributed by atoms with Crippen LogP contribution in [-0.2, 0) is 10.0 Å². The Morgan fingerprint density at radius 2 is 1.64 bits per heavy atom. The van der Waals surface area contributed by atoms with Crippen LogP contribution in [0.4, 0.5) is 5.69 Å². The Morgan fingerprint density at radius 3 is 2.08 bits per heavy atom. The Hall–Kier alpha value is -2.09. The molecule has 1 aromatic rings. The van der Waals surface area contributed by atoms with Gasteiger partial charge in [-0.15, -0.1) is 0 Å². The van der Waals surface area contributed by atoms with E-state index in [1.807, 2.05) is 13.8 Å². The van der Waals surface area contributed by atoms with Gasteiger partial charge in [-0.25, -0.2) is 8.42 Å². The largest absolute Gasteiger partial charge is 0.366 e. The molecule has 0 aliphatic carbocycles. The van der Waals surface area contributed by atoms with Gasteiger partial charge in [0.2, 0.25) is 10.0 Å². The van der Waals surface area contributed by atoms with Crippen LogP contribution in [0, 0.1) is 0 Å². The third kappa shape index (κ3) is 5.19. The number of amides is 2. The van der Waals surface area contributed by atoms with Crippen molar-refractivity contribution in [1.29, 1.82) is 0 Å². The zero-order valence-electron chi connectivity index (χ0n) is 15.2. The van der Waals surface area contributed by atoms with Gasteiger partial charge in [-0.2, -0.15) is 0 Å². The standard InChI is InChI=1S/C17H27N3O4S/c1-5-10-20(11-6-2)17(22)14-9-7-8-13(16(18)21)15(14)19-25(23,24)12(3)4/h7-9,12,19H,5-6,10-11H2,1-4H3,(H2,18,21). The van der Waals surface area contributed by atoms with Crippen LogP contribution >= 0.6 is 0 Å². The number of nitrogens with zero attached hydrogens (tertiary/aromatic N) is 1. The molecule has 0 spiro atoms. The van der Waals surface area contributed by atoms with Crippen LogP contribution in [0.5, 0.6) is 0 Å². The lowest BCUT2D eigenvalue weighted by Gasteiger charge is -2.24. The number of benzene rings is 1. The molecule has 0 bridgehead atoms. The van der Waals surface area contributed by atoms with E-state index in [-0.39, 0.29) is 22.7 Å². The van der Waals surface area contributed by atoms with Crippen molar-refractivity contribution in [2.45, 2.75) is 45.8 Å². The molecule has 0 heterocycles. The third-order valence-corrected chi connectivity index (χ3v) is 5.43. The fourth-order valence-electron chi connectivity index (χ4n) is 2.33. The lowest BCUT2D eigenvalue weighted by atomic mass is 10.1. The van der Waals surface area contributed by atoms with Gasteiger partial charge < -0.3 is 10.6 Å². The summed E-state index contributed by atoms with van der Waals surface area (Å²) in [5.74, 6) is -1.12. The summed E-state index contributed by atoms with van der Waals surface area (Å²) in [7, 11) is -3.74. The second kappa shape index (κ2) is 8.84. The van der Waals surface area contributed by atoms with E-state index in [4.69, 9.17) is 5.73 Å². The summed E-state index contributed by atoms with van der Waals surface area (Å²) < 4.78 is 26.9. The number of anilines is 1. The molecule has 140 valence electrons. The number of carbonyl (C=O) groups excluding carboxylic acids is 2. The van der Waals surface area contributed by atoms with Crippen LogP contribution in [0.15, 0.2) is 18.2 Å². The molecule has 0 aliphatic rings. The summed E-state index contributed by atoms with van der Waals surface area (Å²) in [5, 5.41) is -0.723. The van der Waals surface area contributed by atoms with E-state index in [9.17, 15) is 18.0 Å². The van der Waals surface area contributed by atoms with Crippen molar-refractivity contribution >= 4 is 27.5 Å². The molecule has 0 saturated carbocycles. The summed E-state index contributed by atoms with van der Waals surface area (Å²) in [5.41, 5.74) is 5.43. The minimum Gasteiger partial charge on any atom is -0.366 e. The fraction of sp³-hybridized carbons (Fsp3) is 0.529. The molecule has 0 saturated heterocycles. The first-order valence-electron chi connectivity index (χ1n) is 8.39. The van der Waals surface area contributed by atoms with Crippen molar-refractivity contribution in [3.05, 3.63) is 29.3 Å². The van der Waals surface area contributed by atoms with Crippen LogP contribution in [0.1, 0.15) is 61.3 Å². The van der Waals surface area contributed by atoms with Crippen molar-refractivity contribution in [3.8, 4) is 0 Å². The van der Waals surface area contributed by atoms with Gasteiger partial charge in [0.25, 0.3) is 11.8 Å². The molecule has 0 fully saturated rings. The first-order valence-corrected chi connectivity index (χ1v) is 9.94. The number of hydrogen-bond donors (Lipinski definition) is 2. The first-order chi connectivity index (χ1) is 11.7. The maximum absolute atomic E-state index is 12.9. The van der Waals surface area contributed by atoms with Gasteiger partial charge in [0.1, 0.15) is 0 Å². The number of carbonyl (C=O) groups is 2. The minimum absolute atomic E-state index is 0.0250. The van der Waals surface area contributed by atoms with Gasteiger partial charge in [-0.05, 0) is 38.8 Å². The topological polar surface area (TPSA) is 110 Å². The number of nitrogens with one attached hydrogen (secondary N) is 1. The van der Waals surface area contributed by atoms with Gasteiger partial charge in [0.05, 0.1) is 22.1 Å². The van der Waals surface area contributed by atoms with E-state index < -0.39 is 21.2 Å². The molecule has 0 radical (unpaired) electrons. The predicted molar refractivity (Wildman–Crippen MR) is 99.1 cm³/mol. The van der Waals surface area contributed by atoms with E-state index in [0.29, 0.717) is 13.1 Å². The molecule has 0 aliphatic heterocycles. The van der Waals surface area contributed by atoms with E-state index >= 15 is 0 Å². The Balaban J connectivity index is 3.47. The maximum atomic E-state index is 12.9. The summed E-state index contributed by atoms with van der Waals surface area (Å²) >= 11 is 0. The Labute approximate surface area is 149 Å². The molecule has 8 heteroatoms. The van der Waals surface area contributed by atoms with Crippen LogP contribution in [0.3, 0.4) is 0 Å². The number of nitrogens with two attached hydrogens (primary N) is 1. The van der Waals surface area contributed by atoms with E-state index in [2.05, 4.69) is 4.72 Å². The third-order valence-electron chi connectivity index (χ3n) is 3.70. The Bertz CT molecular complexity index is 723. The van der Waals surface area contributed by atoms with Crippen molar-refractivity contribution in [2.24, 2.45) is 5.73 Å². The summed E-state index contributed by atoms with van der Waals surface area (Å²) in [6, 6.07) is 4.43. The fourth-order valence-corrected chi connectivity index (χ4v) is 3.07. The van der Waals surface area contributed by atoms with Crippen molar-refractivity contribution in [2.75, 3.05) is 17.8 Å². The average Bonchev–Trinajstić information content (AvgIpc) is 2.53. The number of rotatable bonds is 9. The van der Waals surface area contributed by atoms with Crippen LogP contribution in [0.2, 0.25) is 0 Å². The SMILES string of the molecule is CCCN(CCC)C(=O)c1cccc(C(N)=O)c1NS(=O)(=O)C(C)C. The van der Waals surface area contributed by atoms with Crippen LogP contribution in [-0.4, -0.2) is 43.5 Å². The highest BCUT2D eigenvalue weighted by Crippen LogP contribution is 2.25. The number of sulfonamides is 1. The van der Waals surface area contributed by atoms with E-state index in [0.717, 1.165) is 12.8 Å². The molecular formula is C17H27N3O4S. The van der Waals surface area contributed by atoms with Gasteiger partial charge in [-0.1, -0.05) is 19.9 Å². The molecular weight excluding hydrogens is 342 g/mol. The summed E-state index contributed by atoms with van der Waals surface area (Å²) in [6.45, 7) is 8.03. The zero-order valence-corrected chi connectivity index (χ0v) is 16.0. The molecule has 2 amide bonds. The molecule has 1 rings (SSSR count). The highest BCUT2D eigenvalue weighted by Gasteiger charge is 2.26. The van der Waals surface area contributed by atoms with Gasteiger partial charge in [0, 0.05) is 13.1 Å². The molecule has 3 N–H and O–H groups in total. The number of hydrogen-bond acceptors (Lipinski definition) is 4. The maximum Gasteiger partial charge on any atom is 0.256 e. The predicted octanol–water partition coefficient (Wildman–Crippen LogP) is 2.20. The van der Waals surface area contributed by atoms with Crippen LogP contribution in [0.25, 0.3) is 0 Å². The lowest BCUT2D eigenvalue weighted by molar-refractivity contribution is 0.0756. The molecule has 25 heavy (non-hydrogen) atoms. The normalized spacial score (nSPS) is 11.4. The van der Waals surface area contributed by atoms with Crippen molar-refractivity contribution < 1.29 is 18.0 Å². The molecule has 1 aromatic carbocycles. The first kappa shape index (κ1) is 21.0. The van der Waals surface area contributed by atoms with E-state index in [1.165, 1.54) is 32.0 Å². The summed E-state index contributed by atoms with van der Waals surface area (Å²) in [4.78, 5) is 26.3. The van der Waals surface area contributed by atoms with Crippen LogP contribution < -0.4 is 10.5 Å². The highest BCUT2D eigenvalue weighted by atomic mass is 32.2. The molecule has 0 unspecified atom stereocenters. The Morgan fingerprint density at radius 1 is 1.12 bits per heavy atom. The molecule has 7 nitrogen and oxygen atoms in total. The zero-order chi connectivity index (χ0) is 19.2. The Kier molecular flexibility index (Phi) is 7.41. The van der Waals surface area contributed by atoms with Crippen molar-refractivity contribution in [1.82, 2.24) is 4.90 Å². The molecule has 0 aromatic heterocycles. The second-order valence-corrected chi connectivity index (χ2v) is 8.32. The number of para-hydroxylation sites is 1. The minimum atomic E-state index is -3.74.